The molecule has 2 aliphatic rings. The second-order valence-corrected chi connectivity index (χ2v) is 3.68. The van der Waals surface area contributed by atoms with Gasteiger partial charge in [0.15, 0.2) is 0 Å². The van der Waals surface area contributed by atoms with Crippen LogP contribution in [-0.4, -0.2) is 36.2 Å². The third kappa shape index (κ3) is 1.09. The molecule has 0 bridgehead atoms. The van der Waals surface area contributed by atoms with Crippen LogP contribution in [0.5, 0.6) is 0 Å². The fourth-order valence-corrected chi connectivity index (χ4v) is 2.16. The van der Waals surface area contributed by atoms with E-state index in [1.807, 2.05) is 0 Å². The highest BCUT2D eigenvalue weighted by Gasteiger charge is 2.57. The van der Waals surface area contributed by atoms with E-state index in [1.54, 1.807) is 0 Å². The molecule has 2 nitrogen and oxygen atoms in total. The average Bonchev–Trinajstić information content (AvgIpc) is 2.78. The van der Waals surface area contributed by atoms with Crippen LogP contribution in [0.3, 0.4) is 0 Å². The number of likely N-dealkylation sites (tertiary alicyclic amines) is 1. The van der Waals surface area contributed by atoms with Crippen LogP contribution in [0, 0.1) is 0 Å². The number of piperidine rings is 1. The molecule has 2 heterocycles. The van der Waals surface area contributed by atoms with Crippen molar-refractivity contribution in [2.24, 2.45) is 0 Å². The van der Waals surface area contributed by atoms with Crippen LogP contribution in [0.15, 0.2) is 0 Å². The number of hydrogen-bond acceptors (Lipinski definition) is 2. The van der Waals surface area contributed by atoms with E-state index in [-0.39, 0.29) is 5.60 Å². The molecule has 2 atom stereocenters. The first-order chi connectivity index (χ1) is 5.30. The van der Waals surface area contributed by atoms with Crippen molar-refractivity contribution in [2.45, 2.75) is 38.4 Å². The predicted molar refractivity (Wildman–Crippen MR) is 44.6 cm³/mol. The summed E-state index contributed by atoms with van der Waals surface area (Å²) in [5, 5.41) is 0. The van der Waals surface area contributed by atoms with E-state index in [9.17, 15) is 0 Å². The fourth-order valence-electron chi connectivity index (χ4n) is 2.16. The van der Waals surface area contributed by atoms with E-state index in [0.29, 0.717) is 6.10 Å². The SMILES string of the molecule is CCN1CCC2OC2(CC)C1. The lowest BCUT2D eigenvalue weighted by Gasteiger charge is -2.27. The van der Waals surface area contributed by atoms with E-state index in [1.165, 1.54) is 32.5 Å². The monoisotopic (exact) mass is 155 g/mol. The largest absolute Gasteiger partial charge is 0.365 e. The van der Waals surface area contributed by atoms with E-state index in [2.05, 4.69) is 18.7 Å². The molecule has 2 unspecified atom stereocenters. The maximum Gasteiger partial charge on any atom is 0.107 e. The highest BCUT2D eigenvalue weighted by Crippen LogP contribution is 2.45. The lowest BCUT2D eigenvalue weighted by atomic mass is 9.95. The Morgan fingerprint density at radius 1 is 1.55 bits per heavy atom. The first kappa shape index (κ1) is 7.56. The standard InChI is InChI=1S/C9H17NO/c1-3-9-7-10(4-2)6-5-8(9)11-9/h8H,3-7H2,1-2H3. The molecule has 0 aromatic heterocycles. The summed E-state index contributed by atoms with van der Waals surface area (Å²) in [6.45, 7) is 8.05. The van der Waals surface area contributed by atoms with Gasteiger partial charge in [-0.2, -0.15) is 0 Å². The van der Waals surface area contributed by atoms with Gasteiger partial charge in [0, 0.05) is 13.1 Å². The number of nitrogens with zero attached hydrogens (tertiary/aromatic N) is 1. The molecule has 0 spiro atoms. The molecular formula is C9H17NO. The lowest BCUT2D eigenvalue weighted by Crippen LogP contribution is -2.41. The molecular weight excluding hydrogens is 138 g/mol. The van der Waals surface area contributed by atoms with E-state index in [0.717, 1.165) is 0 Å². The van der Waals surface area contributed by atoms with E-state index >= 15 is 0 Å². The summed E-state index contributed by atoms with van der Waals surface area (Å²) in [5.41, 5.74) is 0.286. The van der Waals surface area contributed by atoms with Crippen LogP contribution in [-0.2, 0) is 4.74 Å². The molecule has 2 fully saturated rings. The summed E-state index contributed by atoms with van der Waals surface area (Å²) >= 11 is 0. The van der Waals surface area contributed by atoms with Gasteiger partial charge in [-0.25, -0.2) is 0 Å². The number of ether oxygens (including phenoxy) is 1. The Hall–Kier alpha value is -0.0800. The third-order valence-corrected chi connectivity index (χ3v) is 3.15. The van der Waals surface area contributed by atoms with Gasteiger partial charge in [0.2, 0.25) is 0 Å². The Balaban J connectivity index is 1.97. The van der Waals surface area contributed by atoms with Gasteiger partial charge in [-0.05, 0) is 19.4 Å². The Labute approximate surface area is 68.5 Å². The van der Waals surface area contributed by atoms with E-state index < -0.39 is 0 Å². The van der Waals surface area contributed by atoms with Crippen molar-refractivity contribution < 1.29 is 4.74 Å². The molecule has 2 saturated heterocycles. The molecule has 2 rings (SSSR count). The van der Waals surface area contributed by atoms with Gasteiger partial charge in [0.1, 0.15) is 5.60 Å². The zero-order valence-corrected chi connectivity index (χ0v) is 7.47. The Morgan fingerprint density at radius 3 is 3.00 bits per heavy atom. The summed E-state index contributed by atoms with van der Waals surface area (Å²) in [4.78, 5) is 2.49. The van der Waals surface area contributed by atoms with Crippen LogP contribution in [0.1, 0.15) is 26.7 Å². The minimum Gasteiger partial charge on any atom is -0.365 e. The van der Waals surface area contributed by atoms with Crippen LogP contribution in [0.2, 0.25) is 0 Å². The molecule has 2 heteroatoms. The second kappa shape index (κ2) is 2.46. The quantitative estimate of drug-likeness (QED) is 0.558. The summed E-state index contributed by atoms with van der Waals surface area (Å²) in [5.74, 6) is 0. The molecule has 0 aromatic rings. The van der Waals surface area contributed by atoms with Crippen LogP contribution < -0.4 is 0 Å². The Kier molecular flexibility index (Phi) is 1.69. The van der Waals surface area contributed by atoms with Crippen molar-refractivity contribution in [1.29, 1.82) is 0 Å². The summed E-state index contributed by atoms with van der Waals surface area (Å²) in [6, 6.07) is 0. The smallest absolute Gasteiger partial charge is 0.107 e. The number of rotatable bonds is 2. The van der Waals surface area contributed by atoms with Crippen molar-refractivity contribution >= 4 is 0 Å². The van der Waals surface area contributed by atoms with Crippen molar-refractivity contribution in [1.82, 2.24) is 4.90 Å². The molecule has 0 N–H and O–H groups in total. The normalized spacial score (nSPS) is 43.6. The molecule has 0 saturated carbocycles. The maximum absolute atomic E-state index is 5.70. The van der Waals surface area contributed by atoms with Gasteiger partial charge in [-0.15, -0.1) is 0 Å². The zero-order chi connectivity index (χ0) is 7.90. The third-order valence-electron chi connectivity index (χ3n) is 3.15. The van der Waals surface area contributed by atoms with Crippen molar-refractivity contribution in [2.75, 3.05) is 19.6 Å². The fraction of sp³-hybridized carbons (Fsp3) is 1.00. The molecule has 64 valence electrons. The zero-order valence-electron chi connectivity index (χ0n) is 7.47. The number of hydrogen-bond donors (Lipinski definition) is 0. The molecule has 0 radical (unpaired) electrons. The highest BCUT2D eigenvalue weighted by atomic mass is 16.6. The minimum absolute atomic E-state index is 0.286. The van der Waals surface area contributed by atoms with Gasteiger partial charge in [-0.3, -0.25) is 0 Å². The number of epoxide rings is 1. The van der Waals surface area contributed by atoms with Gasteiger partial charge in [0.25, 0.3) is 0 Å². The highest BCUT2D eigenvalue weighted by molar-refractivity contribution is 5.06. The van der Waals surface area contributed by atoms with Crippen molar-refractivity contribution in [3.05, 3.63) is 0 Å². The molecule has 2 aliphatic heterocycles. The van der Waals surface area contributed by atoms with Crippen LogP contribution >= 0.6 is 0 Å². The van der Waals surface area contributed by atoms with Gasteiger partial charge < -0.3 is 9.64 Å². The average molecular weight is 155 g/mol. The molecule has 0 aliphatic carbocycles. The molecule has 0 aromatic carbocycles. The van der Waals surface area contributed by atoms with Gasteiger partial charge in [0.05, 0.1) is 6.10 Å². The second-order valence-electron chi connectivity index (χ2n) is 3.68. The molecule has 11 heavy (non-hydrogen) atoms. The number of fused-ring (bicyclic) bond motifs is 1. The first-order valence-corrected chi connectivity index (χ1v) is 4.71. The Bertz CT molecular complexity index is 160. The number of likely N-dealkylation sites (N-methyl/N-ethyl adjacent to an activating group) is 1. The van der Waals surface area contributed by atoms with Gasteiger partial charge in [-0.1, -0.05) is 13.8 Å². The van der Waals surface area contributed by atoms with Crippen LogP contribution in [0.4, 0.5) is 0 Å². The predicted octanol–water partition coefficient (Wildman–Crippen LogP) is 1.26. The summed E-state index contributed by atoms with van der Waals surface area (Å²) < 4.78 is 5.70. The van der Waals surface area contributed by atoms with Gasteiger partial charge >= 0.3 is 0 Å². The topological polar surface area (TPSA) is 15.8 Å². The summed E-state index contributed by atoms with van der Waals surface area (Å²) in [6.07, 6.45) is 3.05. The molecule has 0 amide bonds. The minimum atomic E-state index is 0.286. The Morgan fingerprint density at radius 2 is 2.36 bits per heavy atom. The lowest BCUT2D eigenvalue weighted by molar-refractivity contribution is 0.192. The van der Waals surface area contributed by atoms with Crippen LogP contribution in [0.25, 0.3) is 0 Å². The first-order valence-electron chi connectivity index (χ1n) is 4.71. The van der Waals surface area contributed by atoms with E-state index in [4.69, 9.17) is 4.74 Å². The van der Waals surface area contributed by atoms with Crippen molar-refractivity contribution in [3.8, 4) is 0 Å². The van der Waals surface area contributed by atoms with Crippen molar-refractivity contribution in [3.63, 3.8) is 0 Å². The maximum atomic E-state index is 5.70. The summed E-state index contributed by atoms with van der Waals surface area (Å²) in [7, 11) is 0.